The zero-order valence-electron chi connectivity index (χ0n) is 13.9. The van der Waals surface area contributed by atoms with Crippen molar-refractivity contribution in [1.82, 2.24) is 4.90 Å². The van der Waals surface area contributed by atoms with Crippen molar-refractivity contribution in [1.29, 1.82) is 0 Å². The summed E-state index contributed by atoms with van der Waals surface area (Å²) < 4.78 is 33.9. The molecule has 26 heavy (non-hydrogen) atoms. The van der Waals surface area contributed by atoms with Gasteiger partial charge in [0.05, 0.1) is 6.54 Å². The molecule has 0 N–H and O–H groups in total. The van der Waals surface area contributed by atoms with E-state index in [9.17, 15) is 13.2 Å². The molecule has 0 saturated carbocycles. The maximum atomic E-state index is 12.1. The maximum absolute atomic E-state index is 12.1. The molecule has 0 spiro atoms. The van der Waals surface area contributed by atoms with Gasteiger partial charge in [0, 0.05) is 6.54 Å². The summed E-state index contributed by atoms with van der Waals surface area (Å²) >= 11 is 0. The molecular weight excluding hydrogens is 356 g/mol. The number of hydrogen-bond donors (Lipinski definition) is 0. The minimum Gasteiger partial charge on any atom is -0.458 e. The summed E-state index contributed by atoms with van der Waals surface area (Å²) in [4.78, 5) is 13.6. The molecule has 0 aliphatic carbocycles. The number of carbonyl (C=O) groups excluding carboxylic acids is 1. The van der Waals surface area contributed by atoms with Crippen molar-refractivity contribution >= 4 is 21.9 Å². The molecule has 0 amide bonds. The molecule has 1 heterocycles. The minimum absolute atomic E-state index is 0.156. The number of cyclic esters (lactones) is 1. The van der Waals surface area contributed by atoms with Gasteiger partial charge in [0.2, 0.25) is 0 Å². The second kappa shape index (κ2) is 8.01. The lowest BCUT2D eigenvalue weighted by Crippen LogP contribution is -2.44. The van der Waals surface area contributed by atoms with Crippen LogP contribution in [0.15, 0.2) is 65.8 Å². The van der Waals surface area contributed by atoms with E-state index in [0.717, 1.165) is 5.56 Å². The van der Waals surface area contributed by atoms with E-state index in [2.05, 4.69) is 5.16 Å². The predicted molar refractivity (Wildman–Crippen MR) is 95.4 cm³/mol. The number of esters is 1. The van der Waals surface area contributed by atoms with Crippen LogP contribution in [-0.2, 0) is 36.2 Å². The van der Waals surface area contributed by atoms with Gasteiger partial charge in [0.1, 0.15) is 12.4 Å². The summed E-state index contributed by atoms with van der Waals surface area (Å²) in [6, 6.07) is 18.1. The molecule has 3 rings (SSSR count). The summed E-state index contributed by atoms with van der Waals surface area (Å²) in [7, 11) is -3.98. The van der Waals surface area contributed by atoms with E-state index in [1.807, 2.05) is 30.3 Å². The predicted octanol–water partition coefficient (Wildman–Crippen LogP) is 1.91. The number of morpholine rings is 1. The number of rotatable bonds is 6. The standard InChI is InChI=1S/C18H18N2O5S/c21-18-17(19-25-26(22,23)14-16-9-5-2-6-10-16)20(11-12-24-18)13-15-7-3-1-4-8-15/h1-10H,11-14H2/b19-17-. The van der Waals surface area contributed by atoms with Gasteiger partial charge in [0.25, 0.3) is 5.84 Å². The molecule has 1 saturated heterocycles. The number of oxime groups is 1. The summed E-state index contributed by atoms with van der Waals surface area (Å²) in [5, 5.41) is 3.59. The molecule has 2 aromatic carbocycles. The molecule has 0 bridgehead atoms. The monoisotopic (exact) mass is 374 g/mol. The third-order valence-electron chi connectivity index (χ3n) is 3.72. The summed E-state index contributed by atoms with van der Waals surface area (Å²) in [6.07, 6.45) is 0. The van der Waals surface area contributed by atoms with Crippen molar-refractivity contribution in [2.75, 3.05) is 13.2 Å². The molecule has 8 heteroatoms. The minimum atomic E-state index is -3.98. The van der Waals surface area contributed by atoms with Crippen LogP contribution in [0, 0.1) is 0 Å². The zero-order chi connectivity index (χ0) is 18.4. The Hall–Kier alpha value is -2.87. The zero-order valence-corrected chi connectivity index (χ0v) is 14.8. The normalized spacial score (nSPS) is 16.4. The van der Waals surface area contributed by atoms with E-state index in [0.29, 0.717) is 18.7 Å². The largest absolute Gasteiger partial charge is 0.458 e. The first kappa shape index (κ1) is 17.9. The Morgan fingerprint density at radius 1 is 1.00 bits per heavy atom. The van der Waals surface area contributed by atoms with E-state index in [4.69, 9.17) is 9.02 Å². The summed E-state index contributed by atoms with van der Waals surface area (Å²) in [5.74, 6) is -1.20. The highest BCUT2D eigenvalue weighted by Gasteiger charge is 2.28. The number of ether oxygens (including phenoxy) is 1. The lowest BCUT2D eigenvalue weighted by atomic mass is 10.2. The topological polar surface area (TPSA) is 85.3 Å². The van der Waals surface area contributed by atoms with Gasteiger partial charge in [-0.3, -0.25) is 4.28 Å². The van der Waals surface area contributed by atoms with Gasteiger partial charge in [0.15, 0.2) is 0 Å². The maximum Gasteiger partial charge on any atom is 0.377 e. The number of carbonyl (C=O) groups is 1. The molecule has 0 atom stereocenters. The van der Waals surface area contributed by atoms with E-state index in [-0.39, 0.29) is 18.2 Å². The molecule has 1 aliphatic heterocycles. The third kappa shape index (κ3) is 4.82. The molecule has 7 nitrogen and oxygen atoms in total. The highest BCUT2D eigenvalue weighted by molar-refractivity contribution is 7.85. The van der Waals surface area contributed by atoms with E-state index in [1.165, 1.54) is 0 Å². The molecule has 1 fully saturated rings. The van der Waals surface area contributed by atoms with Crippen molar-refractivity contribution in [2.24, 2.45) is 5.16 Å². The van der Waals surface area contributed by atoms with E-state index < -0.39 is 16.1 Å². The van der Waals surface area contributed by atoms with Gasteiger partial charge in [-0.05, 0) is 16.3 Å². The number of nitrogens with zero attached hydrogens (tertiary/aromatic N) is 2. The third-order valence-corrected chi connectivity index (χ3v) is 4.70. The van der Waals surface area contributed by atoms with Crippen LogP contribution >= 0.6 is 0 Å². The van der Waals surface area contributed by atoms with Gasteiger partial charge in [-0.15, -0.1) is 0 Å². The lowest BCUT2D eigenvalue weighted by Gasteiger charge is -2.28. The van der Waals surface area contributed by atoms with Crippen LogP contribution in [0.4, 0.5) is 0 Å². The van der Waals surface area contributed by atoms with Gasteiger partial charge < -0.3 is 9.64 Å². The molecule has 0 unspecified atom stereocenters. The van der Waals surface area contributed by atoms with E-state index in [1.54, 1.807) is 35.2 Å². The lowest BCUT2D eigenvalue weighted by molar-refractivity contribution is -0.139. The first-order valence-corrected chi connectivity index (χ1v) is 9.60. The van der Waals surface area contributed by atoms with Crippen LogP contribution in [0.1, 0.15) is 11.1 Å². The molecular formula is C18H18N2O5S. The Labute approximate surface area is 152 Å². The van der Waals surface area contributed by atoms with Crippen LogP contribution in [0.3, 0.4) is 0 Å². The molecule has 1 aliphatic rings. The Balaban J connectivity index is 1.73. The molecule has 136 valence electrons. The Morgan fingerprint density at radius 2 is 1.62 bits per heavy atom. The number of hydrogen-bond acceptors (Lipinski definition) is 6. The highest BCUT2D eigenvalue weighted by Crippen LogP contribution is 2.12. The van der Waals surface area contributed by atoms with Crippen LogP contribution < -0.4 is 0 Å². The summed E-state index contributed by atoms with van der Waals surface area (Å²) in [5.41, 5.74) is 1.53. The number of benzene rings is 2. The van der Waals surface area contributed by atoms with Gasteiger partial charge in [-0.1, -0.05) is 60.7 Å². The Bertz CT molecular complexity index is 882. The fourth-order valence-corrected chi connectivity index (χ4v) is 3.34. The van der Waals surface area contributed by atoms with Gasteiger partial charge in [-0.2, -0.15) is 8.42 Å². The number of amidine groups is 1. The van der Waals surface area contributed by atoms with Crippen molar-refractivity contribution in [2.45, 2.75) is 12.3 Å². The fraction of sp³-hybridized carbons (Fsp3) is 0.222. The summed E-state index contributed by atoms with van der Waals surface area (Å²) in [6.45, 7) is 1.01. The van der Waals surface area contributed by atoms with Crippen LogP contribution in [0.2, 0.25) is 0 Å². The van der Waals surface area contributed by atoms with Crippen LogP contribution in [0.25, 0.3) is 0 Å². The first-order chi connectivity index (χ1) is 12.5. The van der Waals surface area contributed by atoms with E-state index >= 15 is 0 Å². The average molecular weight is 374 g/mol. The SMILES string of the molecule is O=C1OCCN(Cc2ccccc2)/C1=N\OS(=O)(=O)Cc1ccccc1. The van der Waals surface area contributed by atoms with Gasteiger partial charge in [-0.25, -0.2) is 4.79 Å². The molecule has 0 aromatic heterocycles. The Morgan fingerprint density at radius 3 is 2.27 bits per heavy atom. The average Bonchev–Trinajstić information content (AvgIpc) is 2.62. The Kier molecular flexibility index (Phi) is 5.52. The fourth-order valence-electron chi connectivity index (χ4n) is 2.50. The quantitative estimate of drug-likeness (QED) is 0.567. The van der Waals surface area contributed by atoms with Crippen molar-refractivity contribution in [3.8, 4) is 0 Å². The first-order valence-electron chi connectivity index (χ1n) is 8.03. The van der Waals surface area contributed by atoms with Crippen LogP contribution in [-0.4, -0.2) is 38.3 Å². The second-order valence-electron chi connectivity index (χ2n) is 5.72. The van der Waals surface area contributed by atoms with Crippen LogP contribution in [0.5, 0.6) is 0 Å². The molecule has 2 aromatic rings. The smallest absolute Gasteiger partial charge is 0.377 e. The second-order valence-corrected chi connectivity index (χ2v) is 7.27. The van der Waals surface area contributed by atoms with Crippen molar-refractivity contribution in [3.63, 3.8) is 0 Å². The van der Waals surface area contributed by atoms with Crippen molar-refractivity contribution < 1.29 is 22.2 Å². The van der Waals surface area contributed by atoms with Gasteiger partial charge >= 0.3 is 16.1 Å². The molecule has 0 radical (unpaired) electrons. The highest BCUT2D eigenvalue weighted by atomic mass is 32.2. The van der Waals surface area contributed by atoms with Crippen molar-refractivity contribution in [3.05, 3.63) is 71.8 Å².